The van der Waals surface area contributed by atoms with Crippen LogP contribution in [0.25, 0.3) is 0 Å². The number of hydrogen-bond donors (Lipinski definition) is 2. The van der Waals surface area contributed by atoms with Crippen LogP contribution >= 0.6 is 7.82 Å². The average Bonchev–Trinajstić information content (AvgIpc) is 3.05. The van der Waals surface area contributed by atoms with Crippen LogP contribution in [0, 0.1) is 0 Å². The van der Waals surface area contributed by atoms with Gasteiger partial charge in [-0.15, -0.1) is 5.73 Å². The summed E-state index contributed by atoms with van der Waals surface area (Å²) in [6.45, 7) is 3.51. The molecule has 9 heteroatoms. The van der Waals surface area contributed by atoms with E-state index in [0.717, 1.165) is 89.9 Å². The zero-order chi connectivity index (χ0) is 35.4. The second kappa shape index (κ2) is 34.6. The van der Waals surface area contributed by atoms with Crippen LogP contribution in [-0.4, -0.2) is 41.0 Å². The van der Waals surface area contributed by atoms with Crippen molar-refractivity contribution in [2.45, 2.75) is 168 Å². The first-order chi connectivity index (χ1) is 23.3. The SMILES string of the molecule is CC/C=C\C/C=C\C/C=C\CCCCCCCC(=O)OC(COC(=O)CCCCCCCC=C=CCCCCCCC)COP(=O)(O)O. The minimum atomic E-state index is -4.76. The predicted octanol–water partition coefficient (Wildman–Crippen LogP) is 10.9. The highest BCUT2D eigenvalue weighted by atomic mass is 31.2. The lowest BCUT2D eigenvalue weighted by molar-refractivity contribution is -0.161. The van der Waals surface area contributed by atoms with E-state index in [-0.39, 0.29) is 19.4 Å². The maximum absolute atomic E-state index is 12.3. The second-order valence-electron chi connectivity index (χ2n) is 12.3. The average molecular weight is 695 g/mol. The van der Waals surface area contributed by atoms with Gasteiger partial charge in [0.2, 0.25) is 0 Å². The van der Waals surface area contributed by atoms with Crippen molar-refractivity contribution in [3.05, 3.63) is 54.3 Å². The molecule has 0 aliphatic rings. The molecule has 0 aromatic carbocycles. The molecule has 8 nitrogen and oxygen atoms in total. The van der Waals surface area contributed by atoms with Crippen LogP contribution in [0.5, 0.6) is 0 Å². The molecule has 0 amide bonds. The molecule has 0 rings (SSSR count). The third-order valence-electron chi connectivity index (χ3n) is 7.61. The van der Waals surface area contributed by atoms with Gasteiger partial charge in [0.1, 0.15) is 6.61 Å². The summed E-state index contributed by atoms with van der Waals surface area (Å²) in [5, 5.41) is 0. The summed E-state index contributed by atoms with van der Waals surface area (Å²) in [6, 6.07) is 0. The van der Waals surface area contributed by atoms with E-state index in [1.165, 1.54) is 32.1 Å². The smallest absolute Gasteiger partial charge is 0.462 e. The normalized spacial score (nSPS) is 12.5. The van der Waals surface area contributed by atoms with E-state index in [4.69, 9.17) is 19.3 Å². The van der Waals surface area contributed by atoms with E-state index in [2.05, 4.69) is 72.7 Å². The van der Waals surface area contributed by atoms with Crippen LogP contribution in [-0.2, 0) is 28.2 Å². The third kappa shape index (κ3) is 36.6. The van der Waals surface area contributed by atoms with Gasteiger partial charge < -0.3 is 19.3 Å². The molecule has 0 aliphatic heterocycles. The van der Waals surface area contributed by atoms with E-state index in [1.54, 1.807) is 0 Å². The van der Waals surface area contributed by atoms with Crippen LogP contribution < -0.4 is 0 Å². The molecule has 48 heavy (non-hydrogen) atoms. The number of carbonyl (C=O) groups excluding carboxylic acids is 2. The zero-order valence-corrected chi connectivity index (χ0v) is 31.1. The molecule has 2 N–H and O–H groups in total. The number of unbranched alkanes of at least 4 members (excludes halogenated alkanes) is 15. The molecule has 0 aromatic rings. The lowest BCUT2D eigenvalue weighted by Crippen LogP contribution is -2.29. The molecule has 0 aromatic heterocycles. The summed E-state index contributed by atoms with van der Waals surface area (Å²) < 4.78 is 26.3. The standard InChI is InChI=1S/C39H67O8P/c1-3-5-7-9-11-13-15-17-19-21-23-25-27-29-31-33-38(40)45-35-37(36-46-48(42,43)44)47-39(41)34-32-30-28-26-24-22-20-18-16-14-12-10-8-6-4-2/h6,8,12,14-15,18-20,37H,3-5,7,9-11,13,16,21-36H2,1-2H3,(H2,42,43,44)/b8-6-,14-12-,20-18-. The van der Waals surface area contributed by atoms with Crippen molar-refractivity contribution in [1.82, 2.24) is 0 Å². The Kier molecular flexibility index (Phi) is 33.1. The Balaban J connectivity index is 4.05. The molecule has 0 saturated carbocycles. The summed E-state index contributed by atoms with van der Waals surface area (Å²) in [5.74, 6) is -0.930. The monoisotopic (exact) mass is 694 g/mol. The maximum Gasteiger partial charge on any atom is 0.469 e. The first-order valence-corrected chi connectivity index (χ1v) is 20.2. The molecular formula is C39H67O8P. The summed E-state index contributed by atoms with van der Waals surface area (Å²) in [7, 11) is -4.76. The molecule has 1 atom stereocenters. The minimum Gasteiger partial charge on any atom is -0.462 e. The Morgan fingerprint density at radius 3 is 1.71 bits per heavy atom. The van der Waals surface area contributed by atoms with Gasteiger partial charge in [-0.25, -0.2) is 4.57 Å². The molecule has 0 bridgehead atoms. The third-order valence-corrected chi connectivity index (χ3v) is 8.09. The van der Waals surface area contributed by atoms with Crippen molar-refractivity contribution < 1.29 is 37.9 Å². The molecule has 0 heterocycles. The highest BCUT2D eigenvalue weighted by molar-refractivity contribution is 7.46. The van der Waals surface area contributed by atoms with Crippen molar-refractivity contribution in [2.75, 3.05) is 13.2 Å². The first kappa shape index (κ1) is 45.8. The number of esters is 2. The molecule has 0 spiro atoms. The lowest BCUT2D eigenvalue weighted by atomic mass is 10.1. The topological polar surface area (TPSA) is 119 Å². The zero-order valence-electron chi connectivity index (χ0n) is 30.2. The van der Waals surface area contributed by atoms with Gasteiger partial charge in [0.15, 0.2) is 6.10 Å². The Morgan fingerprint density at radius 2 is 1.12 bits per heavy atom. The predicted molar refractivity (Wildman–Crippen MR) is 196 cm³/mol. The van der Waals surface area contributed by atoms with Crippen LogP contribution in [0.3, 0.4) is 0 Å². The van der Waals surface area contributed by atoms with Crippen molar-refractivity contribution in [3.63, 3.8) is 0 Å². The van der Waals surface area contributed by atoms with Gasteiger partial charge >= 0.3 is 19.8 Å². The van der Waals surface area contributed by atoms with Gasteiger partial charge in [0.25, 0.3) is 0 Å². The number of rotatable bonds is 33. The Bertz CT molecular complexity index is 974. The largest absolute Gasteiger partial charge is 0.469 e. The Labute approximate surface area is 292 Å². The molecule has 0 radical (unpaired) electrons. The summed E-state index contributed by atoms with van der Waals surface area (Å²) in [4.78, 5) is 42.7. The van der Waals surface area contributed by atoms with Crippen molar-refractivity contribution in [3.8, 4) is 0 Å². The number of ether oxygens (including phenoxy) is 2. The van der Waals surface area contributed by atoms with Gasteiger partial charge in [-0.1, -0.05) is 115 Å². The van der Waals surface area contributed by atoms with Gasteiger partial charge in [0, 0.05) is 12.8 Å². The van der Waals surface area contributed by atoms with Crippen LogP contribution in [0.4, 0.5) is 0 Å². The number of phosphoric acid groups is 1. The van der Waals surface area contributed by atoms with E-state index in [0.29, 0.717) is 12.8 Å². The molecular weight excluding hydrogens is 627 g/mol. The Hall–Kier alpha value is -2.21. The summed E-state index contributed by atoms with van der Waals surface area (Å²) >= 11 is 0. The number of hydrogen-bond acceptors (Lipinski definition) is 6. The molecule has 0 saturated heterocycles. The lowest BCUT2D eigenvalue weighted by Gasteiger charge is -2.18. The fraction of sp³-hybridized carbons (Fsp3) is 0.718. The van der Waals surface area contributed by atoms with Crippen molar-refractivity contribution in [1.29, 1.82) is 0 Å². The number of carbonyl (C=O) groups is 2. The Morgan fingerprint density at radius 1 is 0.625 bits per heavy atom. The van der Waals surface area contributed by atoms with Crippen LogP contribution in [0.2, 0.25) is 0 Å². The highest BCUT2D eigenvalue weighted by Crippen LogP contribution is 2.36. The van der Waals surface area contributed by atoms with Crippen molar-refractivity contribution in [2.24, 2.45) is 0 Å². The first-order valence-electron chi connectivity index (χ1n) is 18.7. The maximum atomic E-state index is 12.3. The van der Waals surface area contributed by atoms with Gasteiger partial charge in [-0.3, -0.25) is 14.1 Å². The van der Waals surface area contributed by atoms with Crippen LogP contribution in [0.15, 0.2) is 54.3 Å². The second-order valence-corrected chi connectivity index (χ2v) is 13.5. The minimum absolute atomic E-state index is 0.186. The summed E-state index contributed by atoms with van der Waals surface area (Å²) in [5.41, 5.74) is 3.28. The quantitative estimate of drug-likeness (QED) is 0.0229. The van der Waals surface area contributed by atoms with Gasteiger partial charge in [0.05, 0.1) is 6.61 Å². The summed E-state index contributed by atoms with van der Waals surface area (Å²) in [6.07, 6.45) is 38.9. The molecule has 1 unspecified atom stereocenters. The fourth-order valence-corrected chi connectivity index (χ4v) is 5.19. The van der Waals surface area contributed by atoms with Gasteiger partial charge in [-0.2, -0.15) is 0 Å². The molecule has 0 aliphatic carbocycles. The number of phosphoric ester groups is 1. The number of allylic oxidation sites excluding steroid dienone is 7. The van der Waals surface area contributed by atoms with Crippen molar-refractivity contribution >= 4 is 19.8 Å². The van der Waals surface area contributed by atoms with Gasteiger partial charge in [-0.05, 0) is 82.8 Å². The van der Waals surface area contributed by atoms with E-state index < -0.39 is 32.5 Å². The van der Waals surface area contributed by atoms with E-state index >= 15 is 0 Å². The molecule has 0 fully saturated rings. The van der Waals surface area contributed by atoms with Crippen LogP contribution in [0.1, 0.15) is 162 Å². The fourth-order valence-electron chi connectivity index (χ4n) is 4.83. The van der Waals surface area contributed by atoms with E-state index in [1.807, 2.05) is 0 Å². The van der Waals surface area contributed by atoms with E-state index in [9.17, 15) is 14.2 Å². The molecule has 276 valence electrons. The highest BCUT2D eigenvalue weighted by Gasteiger charge is 2.22.